The van der Waals surface area contributed by atoms with Crippen LogP contribution in [0, 0.1) is 6.92 Å². The molecule has 1 saturated heterocycles. The molecule has 0 aliphatic carbocycles. The number of carbonyl (C=O) groups excluding carboxylic acids is 1. The number of aryl methyl sites for hydroxylation is 1. The number of nitrogens with zero attached hydrogens (tertiary/aromatic N) is 2. The van der Waals surface area contributed by atoms with E-state index in [4.69, 9.17) is 14.7 Å². The molecular formula is C28H28N2O2S. The van der Waals surface area contributed by atoms with Crippen LogP contribution in [0.15, 0.2) is 60.0 Å². The van der Waals surface area contributed by atoms with Crippen molar-refractivity contribution in [1.82, 2.24) is 9.97 Å². The molecular weight excluding hydrogens is 428 g/mol. The van der Waals surface area contributed by atoms with Crippen LogP contribution in [0.2, 0.25) is 0 Å². The first-order valence-corrected chi connectivity index (χ1v) is 12.4. The highest BCUT2D eigenvalue weighted by Gasteiger charge is 2.29. The average Bonchev–Trinajstić information content (AvgIpc) is 3.27. The molecule has 4 nitrogen and oxygen atoms in total. The molecule has 0 amide bonds. The van der Waals surface area contributed by atoms with Crippen LogP contribution in [0.25, 0.3) is 21.6 Å². The summed E-state index contributed by atoms with van der Waals surface area (Å²) in [4.78, 5) is 22.8. The minimum absolute atomic E-state index is 0.121. The third-order valence-electron chi connectivity index (χ3n) is 6.30. The third kappa shape index (κ3) is 4.75. The number of Topliss-reactive ketones (excluding diaryl/α,β-unsaturated/α-hetero) is 1. The van der Waals surface area contributed by atoms with Gasteiger partial charge in [0.15, 0.2) is 11.6 Å². The molecule has 0 bridgehead atoms. The second kappa shape index (κ2) is 9.16. The van der Waals surface area contributed by atoms with Gasteiger partial charge in [0.2, 0.25) is 0 Å². The zero-order valence-electron chi connectivity index (χ0n) is 19.2. The first-order chi connectivity index (χ1) is 16.0. The molecule has 168 valence electrons. The van der Waals surface area contributed by atoms with Gasteiger partial charge in [0, 0.05) is 23.5 Å². The fourth-order valence-corrected chi connectivity index (χ4v) is 5.75. The van der Waals surface area contributed by atoms with Crippen molar-refractivity contribution in [3.63, 3.8) is 0 Å². The predicted molar refractivity (Wildman–Crippen MR) is 134 cm³/mol. The van der Waals surface area contributed by atoms with Crippen LogP contribution in [0.3, 0.4) is 0 Å². The van der Waals surface area contributed by atoms with Crippen molar-refractivity contribution in [1.29, 1.82) is 0 Å². The summed E-state index contributed by atoms with van der Waals surface area (Å²) in [5.41, 5.74) is 5.90. The highest BCUT2D eigenvalue weighted by molar-refractivity contribution is 7.17. The van der Waals surface area contributed by atoms with Crippen molar-refractivity contribution < 1.29 is 9.53 Å². The van der Waals surface area contributed by atoms with E-state index in [0.717, 1.165) is 52.1 Å². The molecule has 2 aromatic heterocycles. The minimum Gasteiger partial charge on any atom is -0.376 e. The van der Waals surface area contributed by atoms with Gasteiger partial charge in [-0.15, -0.1) is 11.3 Å². The zero-order chi connectivity index (χ0) is 22.9. The van der Waals surface area contributed by atoms with E-state index in [9.17, 15) is 4.79 Å². The molecule has 1 aliphatic heterocycles. The van der Waals surface area contributed by atoms with E-state index in [1.54, 1.807) is 11.3 Å². The van der Waals surface area contributed by atoms with Gasteiger partial charge in [-0.3, -0.25) is 4.79 Å². The molecule has 1 aliphatic rings. The van der Waals surface area contributed by atoms with Gasteiger partial charge < -0.3 is 4.74 Å². The number of fused-ring (bicyclic) bond motifs is 1. The SMILES string of the molecule is Cc1cccc(C(=O)Cc2cccc(-c3nc(C4CC(C)OC(C)C4)c4sccc4n3)c2)c1. The van der Waals surface area contributed by atoms with Crippen molar-refractivity contribution in [2.45, 2.75) is 58.2 Å². The van der Waals surface area contributed by atoms with Crippen LogP contribution in [0.1, 0.15) is 59.8 Å². The molecule has 0 radical (unpaired) electrons. The quantitative estimate of drug-likeness (QED) is 0.311. The largest absolute Gasteiger partial charge is 0.376 e. The topological polar surface area (TPSA) is 52.1 Å². The highest BCUT2D eigenvalue weighted by Crippen LogP contribution is 2.38. The molecule has 3 heterocycles. The summed E-state index contributed by atoms with van der Waals surface area (Å²) in [5, 5.41) is 2.09. The van der Waals surface area contributed by atoms with E-state index in [1.807, 2.05) is 49.4 Å². The van der Waals surface area contributed by atoms with Crippen LogP contribution >= 0.6 is 11.3 Å². The minimum atomic E-state index is 0.121. The number of rotatable bonds is 5. The fourth-order valence-electron chi connectivity index (χ4n) is 4.85. The number of hydrogen-bond donors (Lipinski definition) is 0. The number of carbonyl (C=O) groups is 1. The van der Waals surface area contributed by atoms with Gasteiger partial charge in [0.25, 0.3) is 0 Å². The maximum atomic E-state index is 12.8. The van der Waals surface area contributed by atoms with Gasteiger partial charge in [-0.05, 0) is 62.8 Å². The number of aromatic nitrogens is 2. The number of ether oxygens (including phenoxy) is 1. The van der Waals surface area contributed by atoms with E-state index in [0.29, 0.717) is 12.3 Å². The van der Waals surface area contributed by atoms with Gasteiger partial charge in [-0.25, -0.2) is 9.97 Å². The maximum absolute atomic E-state index is 12.8. The lowest BCUT2D eigenvalue weighted by Crippen LogP contribution is -2.28. The highest BCUT2D eigenvalue weighted by atomic mass is 32.1. The summed E-state index contributed by atoms with van der Waals surface area (Å²) < 4.78 is 7.15. The van der Waals surface area contributed by atoms with Crippen molar-refractivity contribution in [3.8, 4) is 11.4 Å². The van der Waals surface area contributed by atoms with Crippen LogP contribution in [-0.4, -0.2) is 28.0 Å². The summed E-state index contributed by atoms with van der Waals surface area (Å²) >= 11 is 1.71. The number of benzene rings is 2. The van der Waals surface area contributed by atoms with E-state index in [1.165, 1.54) is 4.70 Å². The Bertz CT molecular complexity index is 1300. The van der Waals surface area contributed by atoms with E-state index < -0.39 is 0 Å². The summed E-state index contributed by atoms with van der Waals surface area (Å²) in [7, 11) is 0. The molecule has 4 aromatic rings. The Kier molecular flexibility index (Phi) is 6.09. The van der Waals surface area contributed by atoms with Crippen LogP contribution in [-0.2, 0) is 11.2 Å². The van der Waals surface area contributed by atoms with E-state index >= 15 is 0 Å². The lowest BCUT2D eigenvalue weighted by Gasteiger charge is -2.32. The third-order valence-corrected chi connectivity index (χ3v) is 7.23. The lowest BCUT2D eigenvalue weighted by atomic mass is 9.89. The first kappa shape index (κ1) is 21.9. The van der Waals surface area contributed by atoms with Gasteiger partial charge in [0.05, 0.1) is 28.1 Å². The van der Waals surface area contributed by atoms with Crippen molar-refractivity contribution in [2.24, 2.45) is 0 Å². The molecule has 2 unspecified atom stereocenters. The summed E-state index contributed by atoms with van der Waals surface area (Å²) in [6, 6.07) is 17.9. The molecule has 0 spiro atoms. The Balaban J connectivity index is 1.48. The Hall–Kier alpha value is -2.89. The number of ketones is 1. The van der Waals surface area contributed by atoms with Crippen molar-refractivity contribution in [2.75, 3.05) is 0 Å². The van der Waals surface area contributed by atoms with Crippen LogP contribution in [0.5, 0.6) is 0 Å². The molecule has 5 rings (SSSR count). The second-order valence-corrected chi connectivity index (χ2v) is 10.1. The molecule has 0 N–H and O–H groups in total. The number of hydrogen-bond acceptors (Lipinski definition) is 5. The lowest BCUT2D eigenvalue weighted by molar-refractivity contribution is -0.0383. The summed E-state index contributed by atoms with van der Waals surface area (Å²) in [6.07, 6.45) is 2.75. The van der Waals surface area contributed by atoms with Gasteiger partial charge >= 0.3 is 0 Å². The fraction of sp³-hybridized carbons (Fsp3) is 0.321. The Morgan fingerprint density at radius 2 is 1.82 bits per heavy atom. The first-order valence-electron chi connectivity index (χ1n) is 11.6. The Labute approximate surface area is 198 Å². The standard InChI is InChI=1S/C28H28N2O2S/c1-17-6-4-8-21(12-17)25(31)16-20-7-5-9-22(15-20)28-29-24-10-11-33-27(24)26(30-28)23-13-18(2)32-19(3)14-23/h4-12,15,18-19,23H,13-14,16H2,1-3H3. The van der Waals surface area contributed by atoms with E-state index in [-0.39, 0.29) is 18.0 Å². The van der Waals surface area contributed by atoms with Gasteiger partial charge in [-0.1, -0.05) is 42.0 Å². The summed E-state index contributed by atoms with van der Waals surface area (Å²) in [5.74, 6) is 1.21. The maximum Gasteiger partial charge on any atom is 0.167 e. The molecule has 1 fully saturated rings. The number of thiophene rings is 1. The molecule has 33 heavy (non-hydrogen) atoms. The van der Waals surface area contributed by atoms with Crippen LogP contribution in [0.4, 0.5) is 0 Å². The van der Waals surface area contributed by atoms with Gasteiger partial charge in [0.1, 0.15) is 0 Å². The van der Waals surface area contributed by atoms with E-state index in [2.05, 4.69) is 31.4 Å². The molecule has 5 heteroatoms. The molecule has 0 saturated carbocycles. The zero-order valence-corrected chi connectivity index (χ0v) is 20.1. The Morgan fingerprint density at radius 1 is 1.03 bits per heavy atom. The normalized spacial score (nSPS) is 20.8. The smallest absolute Gasteiger partial charge is 0.167 e. The Morgan fingerprint density at radius 3 is 2.61 bits per heavy atom. The molecule has 2 atom stereocenters. The predicted octanol–water partition coefficient (Wildman–Crippen LogP) is 6.76. The monoisotopic (exact) mass is 456 g/mol. The average molecular weight is 457 g/mol. The van der Waals surface area contributed by atoms with Crippen molar-refractivity contribution in [3.05, 3.63) is 82.4 Å². The second-order valence-electron chi connectivity index (χ2n) is 9.16. The summed E-state index contributed by atoms with van der Waals surface area (Å²) in [6.45, 7) is 6.29. The molecule has 2 aromatic carbocycles. The van der Waals surface area contributed by atoms with Crippen molar-refractivity contribution >= 4 is 27.3 Å². The van der Waals surface area contributed by atoms with Gasteiger partial charge in [-0.2, -0.15) is 0 Å². The van der Waals surface area contributed by atoms with Crippen LogP contribution < -0.4 is 0 Å².